The number of carbonyl (C=O) groups excluding carboxylic acids is 2. The first-order valence-corrected chi connectivity index (χ1v) is 9.04. The van der Waals surface area contributed by atoms with Gasteiger partial charge in [-0.05, 0) is 30.9 Å². The molecule has 27 heavy (non-hydrogen) atoms. The van der Waals surface area contributed by atoms with E-state index in [-0.39, 0.29) is 29.0 Å². The molecule has 140 valence electrons. The fraction of sp³-hybridized carbons (Fsp3) is 0.421. The van der Waals surface area contributed by atoms with Gasteiger partial charge in [-0.25, -0.2) is 9.50 Å². The summed E-state index contributed by atoms with van der Waals surface area (Å²) >= 11 is 6.06. The maximum Gasteiger partial charge on any atom is 0.293 e. The number of pyridine rings is 1. The second-order valence-corrected chi connectivity index (χ2v) is 7.83. The molecule has 0 fully saturated rings. The highest BCUT2D eigenvalue weighted by Crippen LogP contribution is 2.36. The fourth-order valence-corrected chi connectivity index (χ4v) is 3.55. The summed E-state index contributed by atoms with van der Waals surface area (Å²) in [6, 6.07) is 7.14. The number of hydrogen-bond donors (Lipinski definition) is 0. The zero-order valence-corrected chi connectivity index (χ0v) is 16.2. The van der Waals surface area contributed by atoms with E-state index in [9.17, 15) is 14.9 Å². The smallest absolute Gasteiger partial charge is 0.293 e. The molecule has 8 heteroatoms. The molecular weight excluding hydrogens is 366 g/mol. The Labute approximate surface area is 162 Å². The summed E-state index contributed by atoms with van der Waals surface area (Å²) in [4.78, 5) is 30.6. The average molecular weight is 386 g/mol. The van der Waals surface area contributed by atoms with Crippen LogP contribution in [0.4, 0.5) is 0 Å². The lowest BCUT2D eigenvalue weighted by Gasteiger charge is -2.32. The second kappa shape index (κ2) is 7.12. The Morgan fingerprint density at radius 1 is 1.48 bits per heavy atom. The molecule has 0 saturated heterocycles. The van der Waals surface area contributed by atoms with Gasteiger partial charge in [-0.1, -0.05) is 37.6 Å². The Morgan fingerprint density at radius 3 is 2.89 bits per heavy atom. The molecule has 7 nitrogen and oxygen atoms in total. The van der Waals surface area contributed by atoms with Crippen LogP contribution in [0.25, 0.3) is 5.65 Å². The minimum Gasteiger partial charge on any atom is -0.339 e. The van der Waals surface area contributed by atoms with Crippen LogP contribution in [0.15, 0.2) is 29.8 Å². The molecule has 1 atom stereocenters. The summed E-state index contributed by atoms with van der Waals surface area (Å²) in [6.45, 7) is 4.17. The van der Waals surface area contributed by atoms with E-state index < -0.39 is 5.41 Å². The molecule has 0 radical (unpaired) electrons. The van der Waals surface area contributed by atoms with Crippen LogP contribution in [0.2, 0.25) is 5.15 Å². The Balaban J connectivity index is 1.70. The van der Waals surface area contributed by atoms with Gasteiger partial charge in [0.2, 0.25) is 5.82 Å². The summed E-state index contributed by atoms with van der Waals surface area (Å²) < 4.78 is 1.42. The molecule has 0 aliphatic heterocycles. The third-order valence-electron chi connectivity index (χ3n) is 4.84. The lowest BCUT2D eigenvalue weighted by molar-refractivity contribution is -0.124. The predicted molar refractivity (Wildman–Crippen MR) is 100 cm³/mol. The maximum absolute atomic E-state index is 12.6. The van der Waals surface area contributed by atoms with Crippen LogP contribution in [0.5, 0.6) is 0 Å². The molecule has 0 spiro atoms. The van der Waals surface area contributed by atoms with Crippen molar-refractivity contribution in [3.8, 4) is 6.07 Å². The fourth-order valence-electron chi connectivity index (χ4n) is 3.35. The Morgan fingerprint density at radius 2 is 2.22 bits per heavy atom. The summed E-state index contributed by atoms with van der Waals surface area (Å²) in [5.41, 5.74) is 0.155. The highest BCUT2D eigenvalue weighted by atomic mass is 35.5. The van der Waals surface area contributed by atoms with E-state index in [0.717, 1.165) is 0 Å². The number of carbonyl (C=O) groups is 2. The number of Topliss-reactive ketones (excluding diaryl/α,β-unsaturated/α-hetero) is 1. The zero-order chi connectivity index (χ0) is 19.8. The average Bonchev–Trinajstić information content (AvgIpc) is 3.07. The number of fused-ring (bicyclic) bond motifs is 1. The summed E-state index contributed by atoms with van der Waals surface area (Å²) in [5, 5.41) is 13.7. The molecule has 1 amide bonds. The first-order valence-electron chi connectivity index (χ1n) is 8.66. The first-order chi connectivity index (χ1) is 12.7. The van der Waals surface area contributed by atoms with Crippen molar-refractivity contribution in [1.82, 2.24) is 19.5 Å². The van der Waals surface area contributed by atoms with E-state index in [4.69, 9.17) is 11.6 Å². The molecule has 2 heterocycles. The molecule has 1 aliphatic carbocycles. The Kier molecular flexibility index (Phi) is 5.03. The van der Waals surface area contributed by atoms with E-state index in [1.54, 1.807) is 36.2 Å². The lowest BCUT2D eigenvalue weighted by atomic mass is 9.71. The van der Waals surface area contributed by atoms with Gasteiger partial charge in [-0.15, -0.1) is 5.10 Å². The van der Waals surface area contributed by atoms with Gasteiger partial charge in [-0.3, -0.25) is 9.59 Å². The number of ketones is 1. The van der Waals surface area contributed by atoms with E-state index in [0.29, 0.717) is 30.2 Å². The second-order valence-electron chi connectivity index (χ2n) is 7.44. The highest BCUT2D eigenvalue weighted by molar-refractivity contribution is 6.29. The number of halogens is 1. The molecule has 1 aliphatic rings. The van der Waals surface area contributed by atoms with Gasteiger partial charge in [0.15, 0.2) is 11.4 Å². The molecule has 1 unspecified atom stereocenters. The van der Waals surface area contributed by atoms with Crippen molar-refractivity contribution in [1.29, 1.82) is 5.26 Å². The molecular formula is C19H20ClN5O2. The number of hydrogen-bond acceptors (Lipinski definition) is 5. The summed E-state index contributed by atoms with van der Waals surface area (Å²) in [5.74, 6) is -0.272. The molecule has 3 rings (SSSR count). The van der Waals surface area contributed by atoms with Crippen molar-refractivity contribution in [2.45, 2.75) is 26.7 Å². The van der Waals surface area contributed by atoms with Gasteiger partial charge in [0.25, 0.3) is 5.91 Å². The van der Waals surface area contributed by atoms with Gasteiger partial charge in [-0.2, -0.15) is 5.26 Å². The minimum atomic E-state index is -0.563. The predicted octanol–water partition coefficient (Wildman–Crippen LogP) is 2.91. The number of allylic oxidation sites excluding steroid dienone is 2. The SMILES string of the molecule is CN(CCC1C=C(C#N)C(=O)C(C)(C)C1)C(=O)c1nc2cccc(Cl)n2n1. The van der Waals surface area contributed by atoms with Gasteiger partial charge in [0.1, 0.15) is 11.2 Å². The standard InChI is InChI=1S/C19H20ClN5O2/c1-19(2)10-12(9-13(11-21)16(19)26)7-8-24(3)18(27)17-22-15-6-4-5-14(20)25(15)23-17/h4-6,9,12H,7-8,10H2,1-3H3. The third kappa shape index (κ3) is 3.71. The summed E-state index contributed by atoms with van der Waals surface area (Å²) in [7, 11) is 1.68. The molecule has 2 aromatic rings. The number of aromatic nitrogens is 3. The van der Waals surface area contributed by atoms with E-state index in [1.165, 1.54) is 4.52 Å². The van der Waals surface area contributed by atoms with Crippen LogP contribution in [0, 0.1) is 22.7 Å². The molecule has 0 bridgehead atoms. The van der Waals surface area contributed by atoms with Gasteiger partial charge >= 0.3 is 0 Å². The van der Waals surface area contributed by atoms with Crippen molar-refractivity contribution >= 4 is 28.9 Å². The number of nitrogens with zero attached hydrogens (tertiary/aromatic N) is 5. The number of nitriles is 1. The van der Waals surface area contributed by atoms with Crippen molar-refractivity contribution in [2.75, 3.05) is 13.6 Å². The van der Waals surface area contributed by atoms with Crippen LogP contribution >= 0.6 is 11.6 Å². The van der Waals surface area contributed by atoms with Gasteiger partial charge in [0, 0.05) is 19.0 Å². The van der Waals surface area contributed by atoms with E-state index in [1.807, 2.05) is 19.9 Å². The molecule has 0 saturated carbocycles. The van der Waals surface area contributed by atoms with Gasteiger partial charge in [0.05, 0.1) is 5.57 Å². The molecule has 0 N–H and O–H groups in total. The maximum atomic E-state index is 12.6. The number of amides is 1. The van der Waals surface area contributed by atoms with Crippen molar-refractivity contribution in [2.24, 2.45) is 11.3 Å². The Hall–Kier alpha value is -2.72. The normalized spacial score (nSPS) is 18.9. The quantitative estimate of drug-likeness (QED) is 0.754. The van der Waals surface area contributed by atoms with Gasteiger partial charge < -0.3 is 4.90 Å². The topological polar surface area (TPSA) is 91.4 Å². The summed E-state index contributed by atoms with van der Waals surface area (Å²) in [6.07, 6.45) is 3.04. The largest absolute Gasteiger partial charge is 0.339 e. The van der Waals surface area contributed by atoms with Crippen LogP contribution in [0.1, 0.15) is 37.3 Å². The minimum absolute atomic E-state index is 0.0612. The first kappa shape index (κ1) is 19.1. The Bertz CT molecular complexity index is 986. The zero-order valence-electron chi connectivity index (χ0n) is 15.4. The van der Waals surface area contributed by atoms with E-state index >= 15 is 0 Å². The lowest BCUT2D eigenvalue weighted by Crippen LogP contribution is -2.34. The van der Waals surface area contributed by atoms with Crippen molar-refractivity contribution < 1.29 is 9.59 Å². The monoisotopic (exact) mass is 385 g/mol. The third-order valence-corrected chi connectivity index (χ3v) is 5.13. The van der Waals surface area contributed by atoms with Crippen LogP contribution in [-0.2, 0) is 4.79 Å². The number of rotatable bonds is 4. The van der Waals surface area contributed by atoms with Crippen molar-refractivity contribution in [3.63, 3.8) is 0 Å². The van der Waals surface area contributed by atoms with E-state index in [2.05, 4.69) is 10.1 Å². The van der Waals surface area contributed by atoms with Crippen LogP contribution in [0.3, 0.4) is 0 Å². The highest BCUT2D eigenvalue weighted by Gasteiger charge is 2.37. The molecule has 0 aromatic carbocycles. The van der Waals surface area contributed by atoms with Crippen LogP contribution < -0.4 is 0 Å². The molecule has 2 aromatic heterocycles. The van der Waals surface area contributed by atoms with Crippen LogP contribution in [-0.4, -0.2) is 44.8 Å². The van der Waals surface area contributed by atoms with Crippen molar-refractivity contribution in [3.05, 3.63) is 40.8 Å².